The number of aromatic nitrogens is 4. The molecule has 0 bridgehead atoms. The highest BCUT2D eigenvalue weighted by molar-refractivity contribution is 6.32. The molecule has 0 spiro atoms. The standard InChI is InChI=1S/C19H19N5/c1-12(2)19-23-22-17-8-7-14(11-24(17)19)15-9-10-20-18(15)16-6-4-5-13(3)21-16/h4-9,11-12H,10H2,1-3H3. The molecule has 0 saturated heterocycles. The topological polar surface area (TPSA) is 55.4 Å². The van der Waals surface area contributed by atoms with E-state index in [-0.39, 0.29) is 0 Å². The molecule has 0 atom stereocenters. The predicted octanol–water partition coefficient (Wildman–Crippen LogP) is 3.44. The number of allylic oxidation sites excluding steroid dienone is 1. The Bertz CT molecular complexity index is 978. The summed E-state index contributed by atoms with van der Waals surface area (Å²) in [6.07, 6.45) is 4.26. The van der Waals surface area contributed by atoms with Crippen LogP contribution in [0.2, 0.25) is 0 Å². The van der Waals surface area contributed by atoms with E-state index in [1.807, 2.05) is 31.2 Å². The summed E-state index contributed by atoms with van der Waals surface area (Å²) in [4.78, 5) is 9.28. The molecular weight excluding hydrogens is 298 g/mol. The molecule has 0 N–H and O–H groups in total. The van der Waals surface area contributed by atoms with Crippen molar-refractivity contribution in [1.82, 2.24) is 19.6 Å². The van der Waals surface area contributed by atoms with E-state index in [4.69, 9.17) is 0 Å². The van der Waals surface area contributed by atoms with Gasteiger partial charge in [-0.15, -0.1) is 10.2 Å². The van der Waals surface area contributed by atoms with Gasteiger partial charge in [-0.2, -0.15) is 0 Å². The average molecular weight is 317 g/mol. The summed E-state index contributed by atoms with van der Waals surface area (Å²) in [7, 11) is 0. The van der Waals surface area contributed by atoms with Crippen molar-refractivity contribution in [3.63, 3.8) is 0 Å². The van der Waals surface area contributed by atoms with Crippen LogP contribution in [0.4, 0.5) is 0 Å². The van der Waals surface area contributed by atoms with Gasteiger partial charge in [-0.1, -0.05) is 26.0 Å². The lowest BCUT2D eigenvalue weighted by Gasteiger charge is -2.09. The summed E-state index contributed by atoms with van der Waals surface area (Å²) in [6, 6.07) is 10.1. The van der Waals surface area contributed by atoms with Crippen LogP contribution in [0.1, 0.15) is 42.5 Å². The lowest BCUT2D eigenvalue weighted by molar-refractivity contribution is 0.759. The summed E-state index contributed by atoms with van der Waals surface area (Å²) in [5.74, 6) is 1.29. The Morgan fingerprint density at radius 2 is 1.96 bits per heavy atom. The van der Waals surface area contributed by atoms with Gasteiger partial charge in [-0.05, 0) is 31.2 Å². The van der Waals surface area contributed by atoms with Crippen LogP contribution in [0.5, 0.6) is 0 Å². The molecule has 4 rings (SSSR count). The number of aryl methyl sites for hydroxylation is 1. The van der Waals surface area contributed by atoms with Gasteiger partial charge in [-0.3, -0.25) is 14.4 Å². The highest BCUT2D eigenvalue weighted by Crippen LogP contribution is 2.25. The minimum Gasteiger partial charge on any atom is -0.286 e. The van der Waals surface area contributed by atoms with Crippen LogP contribution in [0.3, 0.4) is 0 Å². The molecule has 3 aromatic rings. The minimum absolute atomic E-state index is 0.319. The number of fused-ring (bicyclic) bond motifs is 1. The summed E-state index contributed by atoms with van der Waals surface area (Å²) in [5, 5.41) is 8.55. The first kappa shape index (κ1) is 14.8. The van der Waals surface area contributed by atoms with Crippen molar-refractivity contribution in [1.29, 1.82) is 0 Å². The molecule has 5 nitrogen and oxygen atoms in total. The Morgan fingerprint density at radius 1 is 1.08 bits per heavy atom. The Kier molecular flexibility index (Phi) is 3.49. The van der Waals surface area contributed by atoms with Crippen LogP contribution < -0.4 is 0 Å². The van der Waals surface area contributed by atoms with Crippen molar-refractivity contribution >= 4 is 16.9 Å². The van der Waals surface area contributed by atoms with E-state index < -0.39 is 0 Å². The number of nitrogens with zero attached hydrogens (tertiary/aromatic N) is 5. The van der Waals surface area contributed by atoms with E-state index in [9.17, 15) is 0 Å². The number of hydrogen-bond acceptors (Lipinski definition) is 4. The third-order valence-electron chi connectivity index (χ3n) is 4.19. The molecule has 4 heterocycles. The highest BCUT2D eigenvalue weighted by atomic mass is 15.2. The molecule has 3 aromatic heterocycles. The lowest BCUT2D eigenvalue weighted by atomic mass is 10.0. The Morgan fingerprint density at radius 3 is 2.75 bits per heavy atom. The molecule has 120 valence electrons. The van der Waals surface area contributed by atoms with Crippen molar-refractivity contribution in [2.24, 2.45) is 4.99 Å². The molecule has 1 aliphatic rings. The maximum Gasteiger partial charge on any atom is 0.160 e. The van der Waals surface area contributed by atoms with Gasteiger partial charge in [0.2, 0.25) is 0 Å². The number of aliphatic imine (C=N–C) groups is 1. The largest absolute Gasteiger partial charge is 0.286 e. The second-order valence-electron chi connectivity index (χ2n) is 6.33. The minimum atomic E-state index is 0.319. The van der Waals surface area contributed by atoms with Crippen LogP contribution >= 0.6 is 0 Å². The maximum atomic E-state index is 4.65. The van der Waals surface area contributed by atoms with E-state index in [0.29, 0.717) is 12.5 Å². The van der Waals surface area contributed by atoms with E-state index in [1.165, 1.54) is 0 Å². The zero-order chi connectivity index (χ0) is 16.7. The lowest BCUT2D eigenvalue weighted by Crippen LogP contribution is -2.06. The Balaban J connectivity index is 1.79. The quantitative estimate of drug-likeness (QED) is 0.743. The molecule has 0 radical (unpaired) electrons. The van der Waals surface area contributed by atoms with Gasteiger partial charge in [0, 0.05) is 28.9 Å². The van der Waals surface area contributed by atoms with Gasteiger partial charge < -0.3 is 0 Å². The van der Waals surface area contributed by atoms with Gasteiger partial charge in [0.1, 0.15) is 5.82 Å². The molecule has 0 unspecified atom stereocenters. The van der Waals surface area contributed by atoms with Gasteiger partial charge >= 0.3 is 0 Å². The molecular formula is C19H19N5. The Labute approximate surface area is 140 Å². The van der Waals surface area contributed by atoms with Crippen molar-refractivity contribution in [3.05, 3.63) is 65.4 Å². The van der Waals surface area contributed by atoms with Crippen molar-refractivity contribution in [2.75, 3.05) is 6.54 Å². The first-order valence-corrected chi connectivity index (χ1v) is 8.17. The summed E-state index contributed by atoms with van der Waals surface area (Å²) < 4.78 is 2.07. The Hall–Kier alpha value is -2.82. The smallest absolute Gasteiger partial charge is 0.160 e. The highest BCUT2D eigenvalue weighted by Gasteiger charge is 2.19. The first-order chi connectivity index (χ1) is 11.6. The molecule has 0 aliphatic carbocycles. The third kappa shape index (κ3) is 2.42. The van der Waals surface area contributed by atoms with Crippen LogP contribution in [0.15, 0.2) is 47.6 Å². The van der Waals surface area contributed by atoms with Crippen molar-refractivity contribution in [3.8, 4) is 0 Å². The molecule has 1 aliphatic heterocycles. The second kappa shape index (κ2) is 5.67. The monoisotopic (exact) mass is 317 g/mol. The summed E-state index contributed by atoms with van der Waals surface area (Å²) in [5.41, 5.74) is 5.98. The number of rotatable bonds is 3. The third-order valence-corrected chi connectivity index (χ3v) is 4.19. The molecule has 0 aromatic carbocycles. The first-order valence-electron chi connectivity index (χ1n) is 8.17. The van der Waals surface area contributed by atoms with Gasteiger partial charge in [0.15, 0.2) is 5.65 Å². The van der Waals surface area contributed by atoms with E-state index in [1.54, 1.807) is 0 Å². The van der Waals surface area contributed by atoms with E-state index in [0.717, 1.165) is 39.7 Å². The number of hydrogen-bond donors (Lipinski definition) is 0. The number of pyridine rings is 2. The SMILES string of the molecule is Cc1cccc(C2=NCC=C2c2ccc3nnc(C(C)C)n3c2)n1. The van der Waals surface area contributed by atoms with Crippen molar-refractivity contribution in [2.45, 2.75) is 26.7 Å². The molecule has 0 fully saturated rings. The molecule has 0 amide bonds. The van der Waals surface area contributed by atoms with Crippen molar-refractivity contribution < 1.29 is 0 Å². The van der Waals surface area contributed by atoms with Gasteiger partial charge in [0.25, 0.3) is 0 Å². The fourth-order valence-electron chi connectivity index (χ4n) is 3.02. The zero-order valence-corrected chi connectivity index (χ0v) is 14.1. The van der Waals surface area contributed by atoms with Crippen LogP contribution in [-0.4, -0.2) is 31.8 Å². The van der Waals surface area contributed by atoms with Crippen LogP contribution in [-0.2, 0) is 0 Å². The normalized spacial score (nSPS) is 14.3. The fourth-order valence-corrected chi connectivity index (χ4v) is 3.02. The average Bonchev–Trinajstić information content (AvgIpc) is 3.21. The van der Waals surface area contributed by atoms with Crippen LogP contribution in [0, 0.1) is 6.92 Å². The second-order valence-corrected chi connectivity index (χ2v) is 6.33. The van der Waals surface area contributed by atoms with Crippen LogP contribution in [0.25, 0.3) is 11.2 Å². The zero-order valence-electron chi connectivity index (χ0n) is 14.1. The van der Waals surface area contributed by atoms with E-state index >= 15 is 0 Å². The fraction of sp³-hybridized carbons (Fsp3) is 0.263. The predicted molar refractivity (Wildman–Crippen MR) is 95.4 cm³/mol. The maximum absolute atomic E-state index is 4.65. The summed E-state index contributed by atoms with van der Waals surface area (Å²) >= 11 is 0. The van der Waals surface area contributed by atoms with Gasteiger partial charge in [0.05, 0.1) is 18.0 Å². The molecule has 5 heteroatoms. The molecule has 24 heavy (non-hydrogen) atoms. The van der Waals surface area contributed by atoms with E-state index in [2.05, 4.69) is 56.8 Å². The molecule has 0 saturated carbocycles. The summed E-state index contributed by atoms with van der Waals surface area (Å²) in [6.45, 7) is 6.95. The van der Waals surface area contributed by atoms with Gasteiger partial charge in [-0.25, -0.2) is 0 Å².